The van der Waals surface area contributed by atoms with Crippen molar-refractivity contribution in [3.8, 4) is 0 Å². The van der Waals surface area contributed by atoms with Crippen molar-refractivity contribution >= 4 is 23.3 Å². The summed E-state index contributed by atoms with van der Waals surface area (Å²) in [5.41, 5.74) is 1.13. The molecule has 4 heteroatoms. The molecule has 0 unspecified atom stereocenters. The van der Waals surface area contributed by atoms with Crippen molar-refractivity contribution in [3.05, 3.63) is 18.3 Å². The van der Waals surface area contributed by atoms with Crippen LogP contribution in [0.3, 0.4) is 0 Å². The van der Waals surface area contributed by atoms with E-state index in [9.17, 15) is 0 Å². The van der Waals surface area contributed by atoms with Gasteiger partial charge in [0.25, 0.3) is 0 Å². The van der Waals surface area contributed by atoms with E-state index in [2.05, 4.69) is 35.7 Å². The maximum Gasteiger partial charge on any atom is 0.127 e. The maximum atomic E-state index is 4.21. The fourth-order valence-electron chi connectivity index (χ4n) is 1.80. The lowest BCUT2D eigenvalue weighted by atomic mass is 10.0. The molecule has 17 heavy (non-hydrogen) atoms. The highest BCUT2D eigenvalue weighted by atomic mass is 32.2. The van der Waals surface area contributed by atoms with E-state index in [-0.39, 0.29) is 0 Å². The van der Waals surface area contributed by atoms with E-state index in [0.29, 0.717) is 4.75 Å². The molecule has 0 aliphatic rings. The van der Waals surface area contributed by atoms with Gasteiger partial charge in [-0.2, -0.15) is 11.8 Å². The Kier molecular flexibility index (Phi) is 5.62. The van der Waals surface area contributed by atoms with E-state index < -0.39 is 0 Å². The second-order valence-corrected chi connectivity index (χ2v) is 5.40. The summed E-state index contributed by atoms with van der Waals surface area (Å²) in [5, 5.41) is 6.56. The molecule has 0 radical (unpaired) electrons. The summed E-state index contributed by atoms with van der Waals surface area (Å²) >= 11 is 1.95. The third-order valence-electron chi connectivity index (χ3n) is 3.35. The summed E-state index contributed by atoms with van der Waals surface area (Å²) in [6.45, 7) is 5.51. The van der Waals surface area contributed by atoms with Crippen LogP contribution < -0.4 is 10.6 Å². The average Bonchev–Trinajstić information content (AvgIpc) is 2.41. The first kappa shape index (κ1) is 14.2. The van der Waals surface area contributed by atoms with Crippen LogP contribution in [0.25, 0.3) is 0 Å². The molecule has 1 aromatic heterocycles. The number of aromatic nitrogens is 1. The Balaban J connectivity index is 2.65. The topological polar surface area (TPSA) is 37.0 Å². The van der Waals surface area contributed by atoms with Gasteiger partial charge in [-0.05, 0) is 25.2 Å². The number of hydrogen-bond donors (Lipinski definition) is 2. The van der Waals surface area contributed by atoms with Crippen LogP contribution in [0.2, 0.25) is 0 Å². The van der Waals surface area contributed by atoms with Crippen LogP contribution in [-0.4, -0.2) is 29.6 Å². The Morgan fingerprint density at radius 3 is 2.59 bits per heavy atom. The number of nitrogens with zero attached hydrogens (tertiary/aromatic N) is 1. The molecule has 1 heterocycles. The Bertz CT molecular complexity index is 329. The van der Waals surface area contributed by atoms with Crippen LogP contribution in [0.15, 0.2) is 18.3 Å². The number of pyridine rings is 1. The van der Waals surface area contributed by atoms with Crippen molar-refractivity contribution in [1.82, 2.24) is 4.98 Å². The zero-order valence-electron chi connectivity index (χ0n) is 11.2. The molecule has 0 bridgehead atoms. The Morgan fingerprint density at radius 1 is 1.35 bits per heavy atom. The van der Waals surface area contributed by atoms with Gasteiger partial charge in [-0.3, -0.25) is 0 Å². The van der Waals surface area contributed by atoms with Crippen LogP contribution in [0.5, 0.6) is 0 Å². The molecule has 1 rings (SSSR count). The first-order valence-electron chi connectivity index (χ1n) is 6.12. The van der Waals surface area contributed by atoms with Crippen molar-refractivity contribution < 1.29 is 0 Å². The minimum absolute atomic E-state index is 0.336. The first-order valence-corrected chi connectivity index (χ1v) is 7.35. The number of nitrogens with one attached hydrogen (secondary N) is 2. The van der Waals surface area contributed by atoms with E-state index in [1.54, 1.807) is 0 Å². The van der Waals surface area contributed by atoms with Gasteiger partial charge in [0, 0.05) is 36.3 Å². The normalized spacial score (nSPS) is 11.3. The van der Waals surface area contributed by atoms with Gasteiger partial charge in [-0.1, -0.05) is 13.8 Å². The summed E-state index contributed by atoms with van der Waals surface area (Å²) in [4.78, 5) is 4.21. The van der Waals surface area contributed by atoms with Gasteiger partial charge in [0.1, 0.15) is 5.82 Å². The number of rotatable bonds is 7. The molecule has 0 amide bonds. The molecule has 0 aliphatic heterocycles. The minimum atomic E-state index is 0.336. The summed E-state index contributed by atoms with van der Waals surface area (Å²) in [6.07, 6.45) is 6.39. The van der Waals surface area contributed by atoms with Crippen molar-refractivity contribution in [3.63, 3.8) is 0 Å². The van der Waals surface area contributed by atoms with Crippen molar-refractivity contribution in [2.45, 2.75) is 31.4 Å². The van der Waals surface area contributed by atoms with Crippen molar-refractivity contribution in [2.75, 3.05) is 30.5 Å². The van der Waals surface area contributed by atoms with Crippen LogP contribution in [0.4, 0.5) is 11.5 Å². The SMILES string of the molecule is CCC(CC)(CNc1ccnc(NC)c1)SC. The molecule has 0 saturated heterocycles. The predicted molar refractivity (Wildman–Crippen MR) is 79.1 cm³/mol. The molecule has 2 N–H and O–H groups in total. The second-order valence-electron chi connectivity index (χ2n) is 4.13. The number of hydrogen-bond acceptors (Lipinski definition) is 4. The highest BCUT2D eigenvalue weighted by molar-refractivity contribution is 8.00. The molecule has 0 atom stereocenters. The van der Waals surface area contributed by atoms with Crippen molar-refractivity contribution in [1.29, 1.82) is 0 Å². The molecule has 0 fully saturated rings. The van der Waals surface area contributed by atoms with Crippen LogP contribution in [-0.2, 0) is 0 Å². The Hall–Kier alpha value is -0.900. The molecule has 0 aromatic carbocycles. The molecule has 1 aromatic rings. The van der Waals surface area contributed by atoms with E-state index >= 15 is 0 Å². The molecule has 0 saturated carbocycles. The summed E-state index contributed by atoms with van der Waals surface area (Å²) in [5.74, 6) is 0.901. The Labute approximate surface area is 109 Å². The van der Waals surface area contributed by atoms with Gasteiger partial charge >= 0.3 is 0 Å². The minimum Gasteiger partial charge on any atom is -0.383 e. The lowest BCUT2D eigenvalue weighted by molar-refractivity contribution is 0.575. The summed E-state index contributed by atoms with van der Waals surface area (Å²) in [6, 6.07) is 4.05. The van der Waals surface area contributed by atoms with Gasteiger partial charge in [-0.25, -0.2) is 4.98 Å². The Morgan fingerprint density at radius 2 is 2.06 bits per heavy atom. The van der Waals surface area contributed by atoms with Crippen LogP contribution in [0.1, 0.15) is 26.7 Å². The highest BCUT2D eigenvalue weighted by Gasteiger charge is 2.24. The van der Waals surface area contributed by atoms with Gasteiger partial charge in [0.2, 0.25) is 0 Å². The van der Waals surface area contributed by atoms with Crippen LogP contribution in [0, 0.1) is 0 Å². The standard InChI is InChI=1S/C13H23N3S/c1-5-13(6-2,17-4)10-16-11-7-8-15-12(9-11)14-3/h7-9H,5-6,10H2,1-4H3,(H2,14,15,16). The molecular formula is C13H23N3S. The largest absolute Gasteiger partial charge is 0.383 e. The first-order chi connectivity index (χ1) is 8.19. The lowest BCUT2D eigenvalue weighted by Crippen LogP contribution is -2.31. The molecule has 0 aliphatic carbocycles. The monoisotopic (exact) mass is 253 g/mol. The van der Waals surface area contributed by atoms with Gasteiger partial charge < -0.3 is 10.6 Å². The highest BCUT2D eigenvalue weighted by Crippen LogP contribution is 2.30. The molecule has 96 valence electrons. The smallest absolute Gasteiger partial charge is 0.127 e. The molecule has 3 nitrogen and oxygen atoms in total. The predicted octanol–water partition coefficient (Wildman–Crippen LogP) is 3.46. The number of thioether (sulfide) groups is 1. The zero-order valence-corrected chi connectivity index (χ0v) is 12.0. The summed E-state index contributed by atoms with van der Waals surface area (Å²) < 4.78 is 0.336. The van der Waals surface area contributed by atoms with Gasteiger partial charge in [0.05, 0.1) is 0 Å². The fourth-order valence-corrected chi connectivity index (χ4v) is 2.60. The quantitative estimate of drug-likeness (QED) is 0.780. The van der Waals surface area contributed by atoms with E-state index in [0.717, 1.165) is 18.1 Å². The lowest BCUT2D eigenvalue weighted by Gasteiger charge is -2.30. The fraction of sp³-hybridized carbons (Fsp3) is 0.615. The third kappa shape index (κ3) is 3.80. The molecule has 0 spiro atoms. The third-order valence-corrected chi connectivity index (χ3v) is 4.94. The van der Waals surface area contributed by atoms with Gasteiger partial charge in [-0.15, -0.1) is 0 Å². The maximum absolute atomic E-state index is 4.21. The van der Waals surface area contributed by atoms with E-state index in [1.165, 1.54) is 12.8 Å². The van der Waals surface area contributed by atoms with Crippen molar-refractivity contribution in [2.24, 2.45) is 0 Å². The van der Waals surface area contributed by atoms with E-state index in [4.69, 9.17) is 0 Å². The average molecular weight is 253 g/mol. The zero-order chi connectivity index (χ0) is 12.7. The summed E-state index contributed by atoms with van der Waals surface area (Å²) in [7, 11) is 1.89. The number of anilines is 2. The van der Waals surface area contributed by atoms with E-state index in [1.807, 2.05) is 37.1 Å². The molecular weight excluding hydrogens is 230 g/mol. The second kappa shape index (κ2) is 6.74. The van der Waals surface area contributed by atoms with Gasteiger partial charge in [0.15, 0.2) is 0 Å². The van der Waals surface area contributed by atoms with Crippen LogP contribution >= 0.6 is 11.8 Å².